The highest BCUT2D eigenvalue weighted by Crippen LogP contribution is 2.44. The molecule has 1 fully saturated rings. The summed E-state index contributed by atoms with van der Waals surface area (Å²) < 4.78 is 7.93. The van der Waals surface area contributed by atoms with Crippen molar-refractivity contribution in [3.63, 3.8) is 0 Å². The van der Waals surface area contributed by atoms with Crippen molar-refractivity contribution in [1.82, 2.24) is 25.0 Å². The lowest BCUT2D eigenvalue weighted by atomic mass is 9.67. The molecule has 3 heterocycles. The minimum Gasteiger partial charge on any atom is -0.376 e. The van der Waals surface area contributed by atoms with Gasteiger partial charge in [-0.05, 0) is 38.7 Å². The third kappa shape index (κ3) is 3.90. The van der Waals surface area contributed by atoms with Crippen LogP contribution >= 0.6 is 0 Å². The van der Waals surface area contributed by atoms with Gasteiger partial charge in [0.1, 0.15) is 12.0 Å². The molecule has 6 nitrogen and oxygen atoms in total. The molecule has 1 saturated heterocycles. The Morgan fingerprint density at radius 2 is 1.89 bits per heavy atom. The molecule has 1 atom stereocenters. The fourth-order valence-corrected chi connectivity index (χ4v) is 4.17. The van der Waals surface area contributed by atoms with Gasteiger partial charge >= 0.3 is 0 Å². The zero-order valence-corrected chi connectivity index (χ0v) is 15.9. The first-order chi connectivity index (χ1) is 13.1. The second-order valence-corrected chi connectivity index (χ2v) is 7.93. The molecule has 6 heteroatoms. The maximum Gasteiger partial charge on any atom is 0.116 e. The van der Waals surface area contributed by atoms with Crippen LogP contribution in [0.5, 0.6) is 0 Å². The van der Waals surface area contributed by atoms with Gasteiger partial charge < -0.3 is 4.74 Å². The van der Waals surface area contributed by atoms with Crippen molar-refractivity contribution in [2.75, 3.05) is 6.61 Å². The molecule has 0 saturated carbocycles. The Labute approximate surface area is 159 Å². The van der Waals surface area contributed by atoms with Crippen LogP contribution in [-0.2, 0) is 16.7 Å². The number of nitrogens with zero attached hydrogens (tertiary/aromatic N) is 5. The van der Waals surface area contributed by atoms with Crippen LogP contribution in [0, 0.1) is 0 Å². The summed E-state index contributed by atoms with van der Waals surface area (Å²) in [4.78, 5) is 8.11. The highest BCUT2D eigenvalue weighted by Gasteiger charge is 2.41. The summed E-state index contributed by atoms with van der Waals surface area (Å²) in [6.07, 6.45) is 10.0. The number of ether oxygens (including phenoxy) is 1. The molecule has 3 aromatic rings. The van der Waals surface area contributed by atoms with Crippen LogP contribution in [-0.4, -0.2) is 37.2 Å². The van der Waals surface area contributed by atoms with E-state index in [2.05, 4.69) is 64.5 Å². The molecule has 1 aliphatic rings. The van der Waals surface area contributed by atoms with Gasteiger partial charge in [-0.25, -0.2) is 9.97 Å². The van der Waals surface area contributed by atoms with Crippen molar-refractivity contribution in [3.8, 4) is 11.3 Å². The van der Waals surface area contributed by atoms with Crippen molar-refractivity contribution >= 4 is 0 Å². The van der Waals surface area contributed by atoms with Crippen LogP contribution in [0.25, 0.3) is 11.3 Å². The van der Waals surface area contributed by atoms with Gasteiger partial charge in [0, 0.05) is 36.5 Å². The Morgan fingerprint density at radius 1 is 1.11 bits per heavy atom. The van der Waals surface area contributed by atoms with E-state index in [1.807, 2.05) is 10.9 Å². The summed E-state index contributed by atoms with van der Waals surface area (Å²) in [7, 11) is 0. The van der Waals surface area contributed by atoms with Crippen LogP contribution in [0.15, 0.2) is 55.2 Å². The molecule has 0 spiro atoms. The predicted octanol–water partition coefficient (Wildman–Crippen LogP) is 3.65. The quantitative estimate of drug-likeness (QED) is 0.692. The van der Waals surface area contributed by atoms with E-state index in [0.717, 1.165) is 43.7 Å². The summed E-state index contributed by atoms with van der Waals surface area (Å²) in [5, 5.41) is 8.60. The maximum absolute atomic E-state index is 6.01. The molecule has 0 N–H and O–H groups in total. The van der Waals surface area contributed by atoms with E-state index in [1.165, 1.54) is 11.9 Å². The Bertz CT molecular complexity index is 878. The minimum absolute atomic E-state index is 0.0883. The molecule has 27 heavy (non-hydrogen) atoms. The molecule has 0 radical (unpaired) electrons. The highest BCUT2D eigenvalue weighted by molar-refractivity contribution is 5.54. The molecule has 140 valence electrons. The van der Waals surface area contributed by atoms with Crippen molar-refractivity contribution in [1.29, 1.82) is 0 Å². The fourth-order valence-electron chi connectivity index (χ4n) is 4.17. The molecule has 2 aromatic heterocycles. The van der Waals surface area contributed by atoms with Crippen molar-refractivity contribution < 1.29 is 4.74 Å². The van der Waals surface area contributed by atoms with Gasteiger partial charge in [-0.1, -0.05) is 35.5 Å². The van der Waals surface area contributed by atoms with Crippen molar-refractivity contribution in [2.24, 2.45) is 0 Å². The Hall–Kier alpha value is -2.60. The Morgan fingerprint density at radius 3 is 2.63 bits per heavy atom. The molecular weight excluding hydrogens is 338 g/mol. The minimum atomic E-state index is -0.122. The van der Waals surface area contributed by atoms with Crippen LogP contribution in [0.3, 0.4) is 0 Å². The normalized spacial score (nSPS) is 21.9. The van der Waals surface area contributed by atoms with Crippen LogP contribution in [0.2, 0.25) is 0 Å². The zero-order chi connectivity index (χ0) is 18.7. The fraction of sp³-hybridized carbons (Fsp3) is 0.429. The van der Waals surface area contributed by atoms with Gasteiger partial charge in [-0.15, -0.1) is 5.10 Å². The lowest BCUT2D eigenvalue weighted by Gasteiger charge is -2.45. The molecule has 1 aromatic carbocycles. The van der Waals surface area contributed by atoms with E-state index in [1.54, 1.807) is 12.4 Å². The Balaban J connectivity index is 1.56. The second-order valence-electron chi connectivity index (χ2n) is 7.93. The van der Waals surface area contributed by atoms with Crippen molar-refractivity contribution in [2.45, 2.75) is 50.7 Å². The largest absolute Gasteiger partial charge is 0.376 e. The van der Waals surface area contributed by atoms with Gasteiger partial charge in [-0.2, -0.15) is 0 Å². The molecule has 0 unspecified atom stereocenters. The maximum atomic E-state index is 6.01. The van der Waals surface area contributed by atoms with Gasteiger partial charge in [-0.3, -0.25) is 4.68 Å². The van der Waals surface area contributed by atoms with E-state index in [4.69, 9.17) is 4.74 Å². The Kier molecular flexibility index (Phi) is 4.74. The third-order valence-electron chi connectivity index (χ3n) is 5.44. The lowest BCUT2D eigenvalue weighted by Crippen LogP contribution is -2.44. The first-order valence-electron chi connectivity index (χ1n) is 9.41. The van der Waals surface area contributed by atoms with Crippen LogP contribution < -0.4 is 0 Å². The van der Waals surface area contributed by atoms with E-state index in [-0.39, 0.29) is 11.0 Å². The van der Waals surface area contributed by atoms with E-state index >= 15 is 0 Å². The van der Waals surface area contributed by atoms with Crippen LogP contribution in [0.1, 0.15) is 38.7 Å². The van der Waals surface area contributed by atoms with Gasteiger partial charge in [0.2, 0.25) is 0 Å². The molecule has 1 aliphatic heterocycles. The number of aromatic nitrogens is 5. The van der Waals surface area contributed by atoms with Gasteiger partial charge in [0.15, 0.2) is 0 Å². The topological polar surface area (TPSA) is 65.7 Å². The summed E-state index contributed by atoms with van der Waals surface area (Å²) >= 11 is 0. The SMILES string of the molecule is CC1(C)C[C@@](CCn2cc(-c3cncnc3)nn2)(c2ccccc2)CCO1. The number of benzene rings is 1. The molecular formula is C21H25N5O. The number of hydrogen-bond donors (Lipinski definition) is 0. The highest BCUT2D eigenvalue weighted by atomic mass is 16.5. The van der Waals surface area contributed by atoms with E-state index in [9.17, 15) is 0 Å². The molecule has 0 bridgehead atoms. The second kappa shape index (κ2) is 7.19. The van der Waals surface area contributed by atoms with E-state index < -0.39 is 0 Å². The molecule has 4 rings (SSSR count). The van der Waals surface area contributed by atoms with Gasteiger partial charge in [0.25, 0.3) is 0 Å². The number of aryl methyl sites for hydroxylation is 1. The predicted molar refractivity (Wildman–Crippen MR) is 103 cm³/mol. The smallest absolute Gasteiger partial charge is 0.116 e. The average molecular weight is 363 g/mol. The van der Waals surface area contributed by atoms with Gasteiger partial charge in [0.05, 0.1) is 11.8 Å². The third-order valence-corrected chi connectivity index (χ3v) is 5.44. The summed E-state index contributed by atoms with van der Waals surface area (Å²) in [6, 6.07) is 10.8. The van der Waals surface area contributed by atoms with Crippen LogP contribution in [0.4, 0.5) is 0 Å². The number of hydrogen-bond acceptors (Lipinski definition) is 5. The summed E-state index contributed by atoms with van der Waals surface area (Å²) in [5.74, 6) is 0. The summed E-state index contributed by atoms with van der Waals surface area (Å²) in [6.45, 7) is 5.97. The lowest BCUT2D eigenvalue weighted by molar-refractivity contribution is -0.0849. The first-order valence-corrected chi connectivity index (χ1v) is 9.41. The standard InChI is InChI=1S/C21H25N5O/c1-20(2)15-21(9-11-27-20,18-6-4-3-5-7-18)8-10-26-14-19(24-25-26)17-12-22-16-23-13-17/h3-7,12-14,16H,8-11,15H2,1-2H3/t21-/m0/s1. The monoisotopic (exact) mass is 363 g/mol. The van der Waals surface area contributed by atoms with E-state index in [0.29, 0.717) is 0 Å². The summed E-state index contributed by atoms with van der Waals surface area (Å²) in [5.41, 5.74) is 3.04. The van der Waals surface area contributed by atoms with Crippen molar-refractivity contribution in [3.05, 3.63) is 60.8 Å². The number of rotatable bonds is 5. The molecule has 0 amide bonds. The first kappa shape index (κ1) is 17.8. The molecule has 0 aliphatic carbocycles. The average Bonchev–Trinajstić information content (AvgIpc) is 3.16. The zero-order valence-electron chi connectivity index (χ0n) is 15.9.